The standard InChI is InChI=1S/C12H20N2O3/c1-9(2)13-5-10-3-4-12(6-14-10)17-8-11(16)7-15/h3-4,6,9,11,13,15-16H,5,7-8H2,1-2H3. The quantitative estimate of drug-likeness (QED) is 0.639. The van der Waals surface area contributed by atoms with Crippen molar-refractivity contribution in [2.24, 2.45) is 0 Å². The molecule has 0 bridgehead atoms. The van der Waals surface area contributed by atoms with Crippen molar-refractivity contribution in [3.05, 3.63) is 24.0 Å². The molecule has 1 rings (SSSR count). The molecule has 0 aliphatic rings. The summed E-state index contributed by atoms with van der Waals surface area (Å²) in [6.45, 7) is 4.64. The van der Waals surface area contributed by atoms with Gasteiger partial charge >= 0.3 is 0 Å². The summed E-state index contributed by atoms with van der Waals surface area (Å²) < 4.78 is 5.25. The van der Waals surface area contributed by atoms with E-state index in [1.54, 1.807) is 12.3 Å². The van der Waals surface area contributed by atoms with E-state index in [9.17, 15) is 0 Å². The molecule has 0 saturated carbocycles. The lowest BCUT2D eigenvalue weighted by Gasteiger charge is -2.10. The second-order valence-electron chi connectivity index (χ2n) is 4.17. The SMILES string of the molecule is CC(C)NCc1ccc(OCC(O)CO)cn1. The number of rotatable bonds is 7. The van der Waals surface area contributed by atoms with Crippen LogP contribution in [-0.2, 0) is 6.54 Å². The molecule has 0 aliphatic heterocycles. The predicted octanol–water partition coefficient (Wildman–Crippen LogP) is 0.312. The Hall–Kier alpha value is -1.17. The Morgan fingerprint density at radius 2 is 2.18 bits per heavy atom. The minimum Gasteiger partial charge on any atom is -0.489 e. The lowest BCUT2D eigenvalue weighted by atomic mass is 10.3. The summed E-state index contributed by atoms with van der Waals surface area (Å²) in [5.41, 5.74) is 0.939. The van der Waals surface area contributed by atoms with E-state index >= 15 is 0 Å². The van der Waals surface area contributed by atoms with Gasteiger partial charge in [-0.15, -0.1) is 0 Å². The van der Waals surface area contributed by atoms with Gasteiger partial charge in [0.15, 0.2) is 0 Å². The Morgan fingerprint density at radius 3 is 2.71 bits per heavy atom. The van der Waals surface area contributed by atoms with Crippen LogP contribution in [-0.4, -0.2) is 40.6 Å². The van der Waals surface area contributed by atoms with Gasteiger partial charge in [-0.2, -0.15) is 0 Å². The van der Waals surface area contributed by atoms with Crippen molar-refractivity contribution in [3.8, 4) is 5.75 Å². The van der Waals surface area contributed by atoms with E-state index in [-0.39, 0.29) is 13.2 Å². The molecule has 0 aliphatic carbocycles. The highest BCUT2D eigenvalue weighted by atomic mass is 16.5. The zero-order valence-electron chi connectivity index (χ0n) is 10.3. The molecule has 1 aromatic rings. The lowest BCUT2D eigenvalue weighted by Crippen LogP contribution is -2.22. The summed E-state index contributed by atoms with van der Waals surface area (Å²) in [5.74, 6) is 0.589. The van der Waals surface area contributed by atoms with E-state index in [2.05, 4.69) is 24.1 Å². The summed E-state index contributed by atoms with van der Waals surface area (Å²) in [7, 11) is 0. The van der Waals surface area contributed by atoms with Crippen LogP contribution in [0.5, 0.6) is 5.75 Å². The predicted molar refractivity (Wildman–Crippen MR) is 64.8 cm³/mol. The first-order valence-corrected chi connectivity index (χ1v) is 5.72. The van der Waals surface area contributed by atoms with Crippen molar-refractivity contribution < 1.29 is 14.9 Å². The zero-order valence-corrected chi connectivity index (χ0v) is 10.3. The Balaban J connectivity index is 2.39. The van der Waals surface area contributed by atoms with Gasteiger partial charge in [0.05, 0.1) is 18.5 Å². The molecule has 0 fully saturated rings. The fraction of sp³-hybridized carbons (Fsp3) is 0.583. The van der Waals surface area contributed by atoms with Crippen LogP contribution >= 0.6 is 0 Å². The van der Waals surface area contributed by atoms with Crippen LogP contribution < -0.4 is 10.1 Å². The summed E-state index contributed by atoms with van der Waals surface area (Å²) in [4.78, 5) is 4.22. The highest BCUT2D eigenvalue weighted by Crippen LogP contribution is 2.09. The van der Waals surface area contributed by atoms with E-state index in [0.29, 0.717) is 11.8 Å². The van der Waals surface area contributed by atoms with Crippen molar-refractivity contribution in [2.75, 3.05) is 13.2 Å². The third-order valence-electron chi connectivity index (χ3n) is 2.14. The number of ether oxygens (including phenoxy) is 1. The number of nitrogens with one attached hydrogen (secondary N) is 1. The number of hydrogen-bond acceptors (Lipinski definition) is 5. The van der Waals surface area contributed by atoms with Gasteiger partial charge < -0.3 is 20.3 Å². The number of nitrogens with zero attached hydrogens (tertiary/aromatic N) is 1. The minimum atomic E-state index is -0.850. The average Bonchev–Trinajstić information content (AvgIpc) is 2.34. The lowest BCUT2D eigenvalue weighted by molar-refractivity contribution is 0.0535. The Kier molecular flexibility index (Phi) is 5.90. The van der Waals surface area contributed by atoms with Gasteiger partial charge in [0.2, 0.25) is 0 Å². The summed E-state index contributed by atoms with van der Waals surface area (Å²) in [6.07, 6.45) is 0.763. The molecule has 3 N–H and O–H groups in total. The molecule has 96 valence electrons. The first-order chi connectivity index (χ1) is 8.11. The monoisotopic (exact) mass is 240 g/mol. The van der Waals surface area contributed by atoms with E-state index in [1.807, 2.05) is 6.07 Å². The van der Waals surface area contributed by atoms with Crippen LogP contribution in [0.4, 0.5) is 0 Å². The van der Waals surface area contributed by atoms with Crippen LogP contribution in [0.3, 0.4) is 0 Å². The van der Waals surface area contributed by atoms with Crippen LogP contribution in [0.2, 0.25) is 0 Å². The fourth-order valence-corrected chi connectivity index (χ4v) is 1.15. The summed E-state index contributed by atoms with van der Waals surface area (Å²) in [5, 5.41) is 21.0. The molecular formula is C12H20N2O3. The number of hydrogen-bond donors (Lipinski definition) is 3. The van der Waals surface area contributed by atoms with Gasteiger partial charge in [0.25, 0.3) is 0 Å². The van der Waals surface area contributed by atoms with E-state index in [4.69, 9.17) is 14.9 Å². The Morgan fingerprint density at radius 1 is 1.41 bits per heavy atom. The van der Waals surface area contributed by atoms with Crippen LogP contribution in [0, 0.1) is 0 Å². The molecule has 0 saturated heterocycles. The van der Waals surface area contributed by atoms with Crippen molar-refractivity contribution >= 4 is 0 Å². The summed E-state index contributed by atoms with van der Waals surface area (Å²) in [6, 6.07) is 4.09. The molecule has 0 aromatic carbocycles. The van der Waals surface area contributed by atoms with Crippen LogP contribution in [0.1, 0.15) is 19.5 Å². The molecule has 1 atom stereocenters. The average molecular weight is 240 g/mol. The van der Waals surface area contributed by atoms with E-state index < -0.39 is 6.10 Å². The van der Waals surface area contributed by atoms with Gasteiger partial charge in [-0.05, 0) is 12.1 Å². The highest BCUT2D eigenvalue weighted by molar-refractivity contribution is 5.19. The summed E-state index contributed by atoms with van der Waals surface area (Å²) >= 11 is 0. The Labute approximate surface area is 101 Å². The number of pyridine rings is 1. The van der Waals surface area contributed by atoms with Gasteiger partial charge in [-0.3, -0.25) is 4.98 Å². The number of aliphatic hydroxyl groups excluding tert-OH is 2. The van der Waals surface area contributed by atoms with Gasteiger partial charge in [0.1, 0.15) is 18.5 Å². The topological polar surface area (TPSA) is 74.6 Å². The van der Waals surface area contributed by atoms with Crippen LogP contribution in [0.15, 0.2) is 18.3 Å². The van der Waals surface area contributed by atoms with E-state index in [0.717, 1.165) is 12.2 Å². The van der Waals surface area contributed by atoms with E-state index in [1.165, 1.54) is 0 Å². The second-order valence-corrected chi connectivity index (χ2v) is 4.17. The molecular weight excluding hydrogens is 220 g/mol. The second kappa shape index (κ2) is 7.21. The highest BCUT2D eigenvalue weighted by Gasteiger charge is 2.03. The van der Waals surface area contributed by atoms with Crippen LogP contribution in [0.25, 0.3) is 0 Å². The van der Waals surface area contributed by atoms with Crippen molar-refractivity contribution in [1.29, 1.82) is 0 Å². The first kappa shape index (κ1) is 13.9. The molecule has 1 aromatic heterocycles. The van der Waals surface area contributed by atoms with Gasteiger partial charge in [-0.1, -0.05) is 13.8 Å². The van der Waals surface area contributed by atoms with Crippen molar-refractivity contribution in [3.63, 3.8) is 0 Å². The Bertz CT molecular complexity index is 314. The fourth-order valence-electron chi connectivity index (χ4n) is 1.15. The molecule has 17 heavy (non-hydrogen) atoms. The minimum absolute atomic E-state index is 0.0712. The van der Waals surface area contributed by atoms with Gasteiger partial charge in [0, 0.05) is 12.6 Å². The zero-order chi connectivity index (χ0) is 12.7. The number of aromatic nitrogens is 1. The van der Waals surface area contributed by atoms with Crippen molar-refractivity contribution in [1.82, 2.24) is 10.3 Å². The largest absolute Gasteiger partial charge is 0.489 e. The van der Waals surface area contributed by atoms with Gasteiger partial charge in [-0.25, -0.2) is 0 Å². The maximum atomic E-state index is 9.11. The maximum Gasteiger partial charge on any atom is 0.137 e. The molecule has 1 unspecified atom stereocenters. The van der Waals surface area contributed by atoms with Crippen molar-refractivity contribution in [2.45, 2.75) is 32.5 Å². The normalized spacial score (nSPS) is 12.8. The third-order valence-corrected chi connectivity index (χ3v) is 2.14. The number of aliphatic hydroxyl groups is 2. The molecule has 5 heteroatoms. The molecule has 5 nitrogen and oxygen atoms in total. The smallest absolute Gasteiger partial charge is 0.137 e. The molecule has 0 spiro atoms. The first-order valence-electron chi connectivity index (χ1n) is 5.72. The third kappa shape index (κ3) is 5.63. The molecule has 1 heterocycles. The molecule has 0 radical (unpaired) electrons. The maximum absolute atomic E-state index is 9.11. The molecule has 0 amide bonds.